The maximum atomic E-state index is 11.7. The minimum Gasteiger partial charge on any atom is -0.357 e. The van der Waals surface area contributed by atoms with Crippen molar-refractivity contribution in [3.05, 3.63) is 35.5 Å². The molecule has 0 radical (unpaired) electrons. The molecule has 0 atom stereocenters. The zero-order chi connectivity index (χ0) is 14.3. The molecule has 0 saturated carbocycles. The molecule has 2 aliphatic heterocycles. The van der Waals surface area contributed by atoms with Gasteiger partial charge in [0, 0.05) is 24.0 Å². The minimum absolute atomic E-state index is 0.100. The molecule has 0 spiro atoms. The Kier molecular flexibility index (Phi) is 2.93. The highest BCUT2D eigenvalue weighted by Crippen LogP contribution is 2.32. The maximum Gasteiger partial charge on any atom is 0.246 e. The normalized spacial score (nSPS) is 17.8. The van der Waals surface area contributed by atoms with Gasteiger partial charge in [-0.2, -0.15) is 0 Å². The molecule has 0 bridgehead atoms. The quantitative estimate of drug-likeness (QED) is 0.847. The lowest BCUT2D eigenvalue weighted by atomic mass is 10.1. The maximum absolute atomic E-state index is 11.7. The van der Waals surface area contributed by atoms with Crippen LogP contribution in [0.3, 0.4) is 0 Å². The van der Waals surface area contributed by atoms with Gasteiger partial charge in [-0.05, 0) is 30.2 Å². The number of fused-ring (bicyclic) bond motifs is 1. The van der Waals surface area contributed by atoms with Crippen LogP contribution in [-0.4, -0.2) is 33.7 Å². The SMILES string of the molecule is CS(=O)(=O)N1CCc2cc(NC3=CC(=O)NC3)ccc21. The smallest absolute Gasteiger partial charge is 0.246 e. The van der Waals surface area contributed by atoms with Crippen molar-refractivity contribution in [3.8, 4) is 0 Å². The molecule has 6 nitrogen and oxygen atoms in total. The highest BCUT2D eigenvalue weighted by molar-refractivity contribution is 7.92. The van der Waals surface area contributed by atoms with Crippen LogP contribution >= 0.6 is 0 Å². The van der Waals surface area contributed by atoms with Crippen molar-refractivity contribution < 1.29 is 13.2 Å². The average Bonchev–Trinajstić information content (AvgIpc) is 2.94. The van der Waals surface area contributed by atoms with Crippen LogP contribution in [0.25, 0.3) is 0 Å². The number of carbonyl (C=O) groups is 1. The van der Waals surface area contributed by atoms with Crippen molar-refractivity contribution in [2.75, 3.05) is 29.0 Å². The number of hydrogen-bond acceptors (Lipinski definition) is 4. The number of hydrogen-bond donors (Lipinski definition) is 2. The molecule has 0 fully saturated rings. The van der Waals surface area contributed by atoms with E-state index in [1.807, 2.05) is 12.1 Å². The first-order valence-electron chi connectivity index (χ1n) is 6.29. The van der Waals surface area contributed by atoms with Gasteiger partial charge in [0.1, 0.15) is 0 Å². The second kappa shape index (κ2) is 4.52. The molecule has 1 aromatic rings. The molecule has 0 saturated heterocycles. The van der Waals surface area contributed by atoms with Gasteiger partial charge in [-0.15, -0.1) is 0 Å². The summed E-state index contributed by atoms with van der Waals surface area (Å²) in [6, 6.07) is 5.56. The second-order valence-corrected chi connectivity index (χ2v) is 6.85. The predicted octanol–water partition coefficient (Wildman–Crippen LogP) is 0.434. The van der Waals surface area contributed by atoms with Crippen molar-refractivity contribution >= 4 is 27.3 Å². The number of amides is 1. The number of nitrogens with one attached hydrogen (secondary N) is 2. The summed E-state index contributed by atoms with van der Waals surface area (Å²) in [5.41, 5.74) is 3.42. The Hall–Kier alpha value is -2.02. The Morgan fingerprint density at radius 3 is 2.80 bits per heavy atom. The van der Waals surface area contributed by atoms with E-state index in [-0.39, 0.29) is 5.91 Å². The van der Waals surface area contributed by atoms with Gasteiger partial charge in [0.2, 0.25) is 15.9 Å². The van der Waals surface area contributed by atoms with Crippen LogP contribution in [0.4, 0.5) is 11.4 Å². The van der Waals surface area contributed by atoms with Crippen molar-refractivity contribution in [1.82, 2.24) is 5.32 Å². The lowest BCUT2D eigenvalue weighted by Gasteiger charge is -2.16. The van der Waals surface area contributed by atoms with Gasteiger partial charge in [-0.1, -0.05) is 0 Å². The van der Waals surface area contributed by atoms with Crippen LogP contribution < -0.4 is 14.9 Å². The molecular formula is C13H15N3O3S. The molecule has 20 heavy (non-hydrogen) atoms. The summed E-state index contributed by atoms with van der Waals surface area (Å²) in [5.74, 6) is -0.100. The van der Waals surface area contributed by atoms with Gasteiger partial charge in [-0.3, -0.25) is 9.10 Å². The van der Waals surface area contributed by atoms with Crippen molar-refractivity contribution in [3.63, 3.8) is 0 Å². The molecular weight excluding hydrogens is 278 g/mol. The fourth-order valence-corrected chi connectivity index (χ4v) is 3.46. The standard InChI is InChI=1S/C13H15N3O3S/c1-20(18,19)16-5-4-9-6-10(2-3-12(9)16)15-11-7-13(17)14-8-11/h2-3,6-7,15H,4-5,8H2,1H3,(H,14,17). The summed E-state index contributed by atoms with van der Waals surface area (Å²) in [7, 11) is -3.21. The first-order chi connectivity index (χ1) is 9.43. The second-order valence-electron chi connectivity index (χ2n) is 4.94. The summed E-state index contributed by atoms with van der Waals surface area (Å²) < 4.78 is 24.7. The summed E-state index contributed by atoms with van der Waals surface area (Å²) in [4.78, 5) is 11.1. The summed E-state index contributed by atoms with van der Waals surface area (Å²) in [6.45, 7) is 0.978. The third-order valence-corrected chi connectivity index (χ3v) is 4.58. The van der Waals surface area contributed by atoms with E-state index >= 15 is 0 Å². The third kappa shape index (κ3) is 2.36. The van der Waals surface area contributed by atoms with Crippen LogP contribution in [0.5, 0.6) is 0 Å². The molecule has 0 aromatic heterocycles. The fraction of sp³-hybridized carbons (Fsp3) is 0.308. The predicted molar refractivity (Wildman–Crippen MR) is 77.1 cm³/mol. The Balaban J connectivity index is 1.85. The van der Waals surface area contributed by atoms with Crippen molar-refractivity contribution in [2.45, 2.75) is 6.42 Å². The monoisotopic (exact) mass is 293 g/mol. The molecule has 3 rings (SSSR count). The number of sulfonamides is 1. The van der Waals surface area contributed by atoms with E-state index < -0.39 is 10.0 Å². The number of carbonyl (C=O) groups excluding carboxylic acids is 1. The van der Waals surface area contributed by atoms with Crippen LogP contribution in [-0.2, 0) is 21.2 Å². The largest absolute Gasteiger partial charge is 0.357 e. The Morgan fingerprint density at radius 1 is 1.35 bits per heavy atom. The fourth-order valence-electron chi connectivity index (χ4n) is 2.50. The summed E-state index contributed by atoms with van der Waals surface area (Å²) in [6.07, 6.45) is 3.44. The van der Waals surface area contributed by atoms with Crippen LogP contribution in [0.15, 0.2) is 30.0 Å². The number of nitrogens with zero attached hydrogens (tertiary/aromatic N) is 1. The summed E-state index contributed by atoms with van der Waals surface area (Å²) >= 11 is 0. The highest BCUT2D eigenvalue weighted by atomic mass is 32.2. The summed E-state index contributed by atoms with van der Waals surface area (Å²) in [5, 5.41) is 5.85. The van der Waals surface area contributed by atoms with E-state index in [9.17, 15) is 13.2 Å². The molecule has 0 unspecified atom stereocenters. The zero-order valence-electron chi connectivity index (χ0n) is 11.0. The van der Waals surface area contributed by atoms with E-state index in [1.165, 1.54) is 16.6 Å². The molecule has 1 aromatic carbocycles. The van der Waals surface area contributed by atoms with Crippen LogP contribution in [0, 0.1) is 0 Å². The topological polar surface area (TPSA) is 78.5 Å². The lowest BCUT2D eigenvalue weighted by molar-refractivity contribution is -0.115. The van der Waals surface area contributed by atoms with E-state index in [1.54, 1.807) is 6.07 Å². The minimum atomic E-state index is -3.21. The first kappa shape index (κ1) is 13.0. The Labute approximate surface area is 117 Å². The van der Waals surface area contributed by atoms with Gasteiger partial charge in [-0.25, -0.2) is 8.42 Å². The molecule has 1 amide bonds. The third-order valence-electron chi connectivity index (χ3n) is 3.40. The molecule has 2 N–H and O–H groups in total. The molecule has 2 aliphatic rings. The van der Waals surface area contributed by atoms with Gasteiger partial charge in [0.15, 0.2) is 0 Å². The van der Waals surface area contributed by atoms with Crippen molar-refractivity contribution in [1.29, 1.82) is 0 Å². The molecule has 2 heterocycles. The van der Waals surface area contributed by atoms with E-state index in [0.717, 1.165) is 22.6 Å². The van der Waals surface area contributed by atoms with Crippen LogP contribution in [0.1, 0.15) is 5.56 Å². The Bertz CT molecular complexity index is 710. The molecule has 7 heteroatoms. The average molecular weight is 293 g/mol. The molecule has 106 valence electrons. The highest BCUT2D eigenvalue weighted by Gasteiger charge is 2.26. The van der Waals surface area contributed by atoms with Crippen molar-refractivity contribution in [2.24, 2.45) is 0 Å². The zero-order valence-corrected chi connectivity index (χ0v) is 11.8. The number of rotatable bonds is 3. The van der Waals surface area contributed by atoms with Gasteiger partial charge >= 0.3 is 0 Å². The van der Waals surface area contributed by atoms with E-state index in [4.69, 9.17) is 0 Å². The molecule has 0 aliphatic carbocycles. The van der Waals surface area contributed by atoms with E-state index in [2.05, 4.69) is 10.6 Å². The van der Waals surface area contributed by atoms with Gasteiger partial charge in [0.25, 0.3) is 0 Å². The van der Waals surface area contributed by atoms with Gasteiger partial charge in [0.05, 0.1) is 18.5 Å². The number of anilines is 2. The number of benzene rings is 1. The van der Waals surface area contributed by atoms with Crippen LogP contribution in [0.2, 0.25) is 0 Å². The van der Waals surface area contributed by atoms with Gasteiger partial charge < -0.3 is 10.6 Å². The lowest BCUT2D eigenvalue weighted by Crippen LogP contribution is -2.27. The first-order valence-corrected chi connectivity index (χ1v) is 8.14. The Morgan fingerprint density at radius 2 is 2.15 bits per heavy atom. The van der Waals surface area contributed by atoms with E-state index in [0.29, 0.717) is 19.5 Å².